The van der Waals surface area contributed by atoms with Gasteiger partial charge in [-0.15, -0.1) is 10.2 Å². The standard InChI is InChI=1S/C21H34N6O/c1-17(2)9-12-28-20-13-18(3)7-8-19(20)14-24-21(22-4)23-10-5-6-11-27-15-25-26-16-27/h7-8,13,15-17H,5-6,9-12,14H2,1-4H3,(H2,22,23,24). The lowest BCUT2D eigenvalue weighted by Crippen LogP contribution is -2.37. The predicted octanol–water partition coefficient (Wildman–Crippen LogP) is 3.16. The van der Waals surface area contributed by atoms with E-state index in [-0.39, 0.29) is 0 Å². The van der Waals surface area contributed by atoms with Crippen molar-refractivity contribution in [2.24, 2.45) is 10.9 Å². The number of aliphatic imine (C=N–C) groups is 1. The van der Waals surface area contributed by atoms with Crippen molar-refractivity contribution in [3.8, 4) is 5.75 Å². The molecule has 0 amide bonds. The van der Waals surface area contributed by atoms with Gasteiger partial charge in [-0.1, -0.05) is 26.0 Å². The molecule has 0 aliphatic heterocycles. The molecule has 2 rings (SSSR count). The van der Waals surface area contributed by atoms with Gasteiger partial charge in [-0.25, -0.2) is 0 Å². The molecule has 2 aromatic rings. The van der Waals surface area contributed by atoms with Gasteiger partial charge in [0.15, 0.2) is 5.96 Å². The van der Waals surface area contributed by atoms with Gasteiger partial charge in [-0.05, 0) is 43.7 Å². The van der Waals surface area contributed by atoms with Crippen molar-refractivity contribution in [2.45, 2.75) is 53.1 Å². The maximum atomic E-state index is 6.03. The molecule has 0 aliphatic rings. The van der Waals surface area contributed by atoms with E-state index < -0.39 is 0 Å². The Hall–Kier alpha value is -2.57. The molecular formula is C21H34N6O. The molecule has 0 saturated carbocycles. The van der Waals surface area contributed by atoms with Gasteiger partial charge in [0.05, 0.1) is 6.61 Å². The summed E-state index contributed by atoms with van der Waals surface area (Å²) < 4.78 is 8.02. The summed E-state index contributed by atoms with van der Waals surface area (Å²) >= 11 is 0. The molecule has 7 heteroatoms. The molecule has 0 atom stereocenters. The number of hydrogen-bond acceptors (Lipinski definition) is 4. The van der Waals surface area contributed by atoms with E-state index in [0.717, 1.165) is 56.2 Å². The van der Waals surface area contributed by atoms with Crippen molar-refractivity contribution in [3.63, 3.8) is 0 Å². The van der Waals surface area contributed by atoms with Crippen LogP contribution in [0.4, 0.5) is 0 Å². The highest BCUT2D eigenvalue weighted by Gasteiger charge is 2.06. The number of benzene rings is 1. The van der Waals surface area contributed by atoms with E-state index in [1.54, 1.807) is 19.7 Å². The van der Waals surface area contributed by atoms with Gasteiger partial charge in [0.2, 0.25) is 0 Å². The monoisotopic (exact) mass is 386 g/mol. The number of nitrogens with one attached hydrogen (secondary N) is 2. The van der Waals surface area contributed by atoms with Crippen molar-refractivity contribution in [1.29, 1.82) is 0 Å². The highest BCUT2D eigenvalue weighted by molar-refractivity contribution is 5.79. The van der Waals surface area contributed by atoms with Crippen LogP contribution in [-0.2, 0) is 13.1 Å². The first-order valence-electron chi connectivity index (χ1n) is 10.1. The van der Waals surface area contributed by atoms with Gasteiger partial charge in [0, 0.05) is 32.2 Å². The van der Waals surface area contributed by atoms with Crippen LogP contribution in [0.2, 0.25) is 0 Å². The van der Waals surface area contributed by atoms with Crippen LogP contribution < -0.4 is 15.4 Å². The van der Waals surface area contributed by atoms with Gasteiger partial charge in [-0.2, -0.15) is 0 Å². The zero-order valence-electron chi connectivity index (χ0n) is 17.6. The third-order valence-electron chi connectivity index (χ3n) is 4.45. The summed E-state index contributed by atoms with van der Waals surface area (Å²) in [6.45, 7) is 9.74. The number of guanidine groups is 1. The SMILES string of the molecule is CN=C(NCCCCn1cnnc1)NCc1ccc(C)cc1OCCC(C)C. The number of aryl methyl sites for hydroxylation is 2. The summed E-state index contributed by atoms with van der Waals surface area (Å²) in [5.74, 6) is 2.40. The Balaban J connectivity index is 1.75. The first kappa shape index (κ1) is 21.7. The van der Waals surface area contributed by atoms with Crippen molar-refractivity contribution < 1.29 is 4.74 Å². The second-order valence-electron chi connectivity index (χ2n) is 7.40. The van der Waals surface area contributed by atoms with Crippen LogP contribution in [0.1, 0.15) is 44.2 Å². The Labute approximate surface area is 168 Å². The fourth-order valence-corrected chi connectivity index (χ4v) is 2.71. The minimum Gasteiger partial charge on any atom is -0.493 e. The third-order valence-corrected chi connectivity index (χ3v) is 4.45. The van der Waals surface area contributed by atoms with Crippen LogP contribution in [0.25, 0.3) is 0 Å². The van der Waals surface area contributed by atoms with E-state index in [9.17, 15) is 0 Å². The molecule has 2 N–H and O–H groups in total. The summed E-state index contributed by atoms with van der Waals surface area (Å²) in [6, 6.07) is 6.35. The number of hydrogen-bond donors (Lipinski definition) is 2. The highest BCUT2D eigenvalue weighted by atomic mass is 16.5. The molecule has 154 valence electrons. The molecule has 28 heavy (non-hydrogen) atoms. The van der Waals surface area contributed by atoms with Crippen LogP contribution in [0.5, 0.6) is 5.75 Å². The van der Waals surface area contributed by atoms with E-state index in [4.69, 9.17) is 4.74 Å². The number of nitrogens with zero attached hydrogens (tertiary/aromatic N) is 4. The zero-order chi connectivity index (χ0) is 20.2. The largest absolute Gasteiger partial charge is 0.493 e. The summed E-state index contributed by atoms with van der Waals surface area (Å²) in [6.07, 6.45) is 6.66. The van der Waals surface area contributed by atoms with Gasteiger partial charge in [0.1, 0.15) is 18.4 Å². The molecule has 0 spiro atoms. The fourth-order valence-electron chi connectivity index (χ4n) is 2.71. The lowest BCUT2D eigenvalue weighted by atomic mass is 10.1. The Morgan fingerprint density at radius 3 is 2.68 bits per heavy atom. The average molecular weight is 387 g/mol. The van der Waals surface area contributed by atoms with Gasteiger partial charge < -0.3 is 19.9 Å². The van der Waals surface area contributed by atoms with Gasteiger partial charge in [-0.3, -0.25) is 4.99 Å². The minimum atomic E-state index is 0.638. The Bertz CT molecular complexity index is 712. The Morgan fingerprint density at radius 2 is 1.96 bits per heavy atom. The Morgan fingerprint density at radius 1 is 1.18 bits per heavy atom. The van der Waals surface area contributed by atoms with Crippen LogP contribution in [0, 0.1) is 12.8 Å². The molecule has 1 aromatic carbocycles. The molecule has 0 fully saturated rings. The fraction of sp³-hybridized carbons (Fsp3) is 0.571. The van der Waals surface area contributed by atoms with E-state index in [0.29, 0.717) is 12.5 Å². The van der Waals surface area contributed by atoms with Crippen LogP contribution >= 0.6 is 0 Å². The maximum absolute atomic E-state index is 6.03. The summed E-state index contributed by atoms with van der Waals surface area (Å²) in [5.41, 5.74) is 2.35. The summed E-state index contributed by atoms with van der Waals surface area (Å²) in [7, 11) is 1.79. The van der Waals surface area contributed by atoms with Crippen molar-refractivity contribution in [3.05, 3.63) is 42.0 Å². The molecular weight excluding hydrogens is 352 g/mol. The van der Waals surface area contributed by atoms with Crippen LogP contribution in [0.3, 0.4) is 0 Å². The molecule has 0 aliphatic carbocycles. The first-order chi connectivity index (χ1) is 13.6. The van der Waals surface area contributed by atoms with Crippen LogP contribution in [0.15, 0.2) is 35.8 Å². The number of aromatic nitrogens is 3. The van der Waals surface area contributed by atoms with E-state index >= 15 is 0 Å². The normalized spacial score (nSPS) is 11.7. The van der Waals surface area contributed by atoms with E-state index in [2.05, 4.69) is 64.8 Å². The van der Waals surface area contributed by atoms with E-state index in [1.807, 2.05) is 4.57 Å². The Kier molecular flexibility index (Phi) is 9.31. The molecule has 0 saturated heterocycles. The first-order valence-corrected chi connectivity index (χ1v) is 10.1. The molecule has 0 unspecified atom stereocenters. The highest BCUT2D eigenvalue weighted by Crippen LogP contribution is 2.21. The number of ether oxygens (including phenoxy) is 1. The topological polar surface area (TPSA) is 76.4 Å². The predicted molar refractivity (Wildman–Crippen MR) is 114 cm³/mol. The second kappa shape index (κ2) is 12.0. The third kappa shape index (κ3) is 7.98. The molecule has 7 nitrogen and oxygen atoms in total. The van der Waals surface area contributed by atoms with Crippen LogP contribution in [-0.4, -0.2) is 40.9 Å². The van der Waals surface area contributed by atoms with Crippen molar-refractivity contribution >= 4 is 5.96 Å². The average Bonchev–Trinajstić information content (AvgIpc) is 3.18. The van der Waals surface area contributed by atoms with Crippen molar-refractivity contribution in [2.75, 3.05) is 20.2 Å². The molecule has 0 radical (unpaired) electrons. The quantitative estimate of drug-likeness (QED) is 0.352. The summed E-state index contributed by atoms with van der Waals surface area (Å²) in [5, 5.41) is 14.4. The molecule has 1 aromatic heterocycles. The smallest absolute Gasteiger partial charge is 0.191 e. The van der Waals surface area contributed by atoms with Gasteiger partial charge >= 0.3 is 0 Å². The minimum absolute atomic E-state index is 0.638. The lowest BCUT2D eigenvalue weighted by molar-refractivity contribution is 0.286. The molecule has 1 heterocycles. The zero-order valence-corrected chi connectivity index (χ0v) is 17.6. The summed E-state index contributed by atoms with van der Waals surface area (Å²) in [4.78, 5) is 4.31. The van der Waals surface area contributed by atoms with E-state index in [1.165, 1.54) is 5.56 Å². The number of unbranched alkanes of at least 4 members (excludes halogenated alkanes) is 1. The maximum Gasteiger partial charge on any atom is 0.191 e. The van der Waals surface area contributed by atoms with Crippen molar-refractivity contribution in [1.82, 2.24) is 25.4 Å². The number of rotatable bonds is 11. The molecule has 0 bridgehead atoms. The lowest BCUT2D eigenvalue weighted by Gasteiger charge is -2.16. The van der Waals surface area contributed by atoms with Gasteiger partial charge in [0.25, 0.3) is 0 Å². The second-order valence-corrected chi connectivity index (χ2v) is 7.40.